The van der Waals surface area contributed by atoms with Crippen LogP contribution < -0.4 is 5.32 Å². The molecule has 1 aliphatic heterocycles. The first-order valence-electron chi connectivity index (χ1n) is 6.12. The second-order valence-electron chi connectivity index (χ2n) is 5.76. The molecule has 0 unspecified atom stereocenters. The highest BCUT2D eigenvalue weighted by molar-refractivity contribution is 6.31. The monoisotopic (exact) mass is 280 g/mol. The lowest BCUT2D eigenvalue weighted by Crippen LogP contribution is -2.47. The van der Waals surface area contributed by atoms with Crippen LogP contribution in [0.25, 0.3) is 0 Å². The van der Waals surface area contributed by atoms with Gasteiger partial charge in [-0.25, -0.2) is 0 Å². The molecule has 5 heteroatoms. The molecule has 0 saturated carbocycles. The van der Waals surface area contributed by atoms with E-state index in [1.807, 2.05) is 27.7 Å². The minimum atomic E-state index is -0.424. The minimum Gasteiger partial charge on any atom is -0.324 e. The largest absolute Gasteiger partial charge is 0.324 e. The van der Waals surface area contributed by atoms with E-state index in [-0.39, 0.29) is 18.4 Å². The highest BCUT2D eigenvalue weighted by atomic mass is 35.5. The highest BCUT2D eigenvalue weighted by Gasteiger charge is 2.34. The van der Waals surface area contributed by atoms with Gasteiger partial charge in [-0.05, 0) is 45.4 Å². The van der Waals surface area contributed by atoms with Gasteiger partial charge in [-0.1, -0.05) is 11.6 Å². The zero-order chi connectivity index (χ0) is 14.4. The summed E-state index contributed by atoms with van der Waals surface area (Å²) >= 11 is 6.02. The molecule has 1 N–H and O–H groups in total. The third kappa shape index (κ3) is 2.59. The number of amides is 2. The van der Waals surface area contributed by atoms with E-state index in [0.29, 0.717) is 16.3 Å². The minimum absolute atomic E-state index is 0.0497. The van der Waals surface area contributed by atoms with E-state index in [0.717, 1.165) is 5.56 Å². The second kappa shape index (κ2) is 4.53. The third-order valence-corrected chi connectivity index (χ3v) is 3.37. The number of aryl methyl sites for hydroxylation is 1. The number of carbonyl (C=O) groups excluding carboxylic acids is 2. The number of hydrogen-bond acceptors (Lipinski definition) is 2. The lowest BCUT2D eigenvalue weighted by Gasteiger charge is -2.34. The van der Waals surface area contributed by atoms with E-state index >= 15 is 0 Å². The first-order chi connectivity index (χ1) is 8.70. The maximum absolute atomic E-state index is 12.6. The molecular formula is C14H17ClN2O2. The number of nitrogens with one attached hydrogen (secondary N) is 1. The molecule has 1 aliphatic rings. The number of hydrogen-bond donors (Lipinski definition) is 1. The second-order valence-corrected chi connectivity index (χ2v) is 6.19. The predicted octanol–water partition coefficient (Wildman–Crippen LogP) is 2.84. The normalized spacial score (nSPS) is 15.9. The molecule has 2 amide bonds. The van der Waals surface area contributed by atoms with E-state index in [4.69, 9.17) is 11.6 Å². The molecule has 19 heavy (non-hydrogen) atoms. The maximum atomic E-state index is 12.6. The topological polar surface area (TPSA) is 49.4 Å². The van der Waals surface area contributed by atoms with Crippen molar-refractivity contribution in [2.75, 3.05) is 11.9 Å². The molecule has 0 atom stereocenters. The van der Waals surface area contributed by atoms with Crippen molar-refractivity contribution < 1.29 is 9.59 Å². The Balaban J connectivity index is 2.61. The molecule has 102 valence electrons. The van der Waals surface area contributed by atoms with Gasteiger partial charge in [0.15, 0.2) is 0 Å². The van der Waals surface area contributed by atoms with Crippen LogP contribution in [0.3, 0.4) is 0 Å². The van der Waals surface area contributed by atoms with Crippen molar-refractivity contribution in [1.29, 1.82) is 0 Å². The SMILES string of the molecule is Cc1cc(Cl)cc2c1NC(=O)CN(C(C)(C)C)C2=O. The van der Waals surface area contributed by atoms with Gasteiger partial charge in [0, 0.05) is 10.6 Å². The standard InChI is InChI=1S/C14H17ClN2O2/c1-8-5-9(15)6-10-12(8)16-11(18)7-17(13(10)19)14(2,3)4/h5-6H,7H2,1-4H3,(H,16,18). The molecule has 0 aliphatic carbocycles. The van der Waals surface area contributed by atoms with E-state index in [2.05, 4.69) is 5.32 Å². The van der Waals surface area contributed by atoms with E-state index < -0.39 is 5.54 Å². The Bertz CT molecular complexity index is 561. The Morgan fingerprint density at radius 3 is 2.47 bits per heavy atom. The van der Waals surface area contributed by atoms with Gasteiger partial charge in [-0.2, -0.15) is 0 Å². The average molecular weight is 281 g/mol. The average Bonchev–Trinajstić information content (AvgIpc) is 2.38. The Labute approximate surface area is 117 Å². The Kier molecular flexibility index (Phi) is 3.31. The van der Waals surface area contributed by atoms with Crippen LogP contribution >= 0.6 is 11.6 Å². The molecule has 2 rings (SSSR count). The predicted molar refractivity (Wildman–Crippen MR) is 75.6 cm³/mol. The molecule has 1 aromatic rings. The van der Waals surface area contributed by atoms with Gasteiger partial charge < -0.3 is 10.2 Å². The van der Waals surface area contributed by atoms with Gasteiger partial charge >= 0.3 is 0 Å². The number of anilines is 1. The maximum Gasteiger partial charge on any atom is 0.256 e. The number of rotatable bonds is 0. The number of carbonyl (C=O) groups is 2. The van der Waals surface area contributed by atoms with E-state index in [9.17, 15) is 9.59 Å². The van der Waals surface area contributed by atoms with Crippen LogP contribution in [0.4, 0.5) is 5.69 Å². The number of fused-ring (bicyclic) bond motifs is 1. The molecule has 0 radical (unpaired) electrons. The fraction of sp³-hybridized carbons (Fsp3) is 0.429. The molecule has 1 heterocycles. The summed E-state index contributed by atoms with van der Waals surface area (Å²) in [6, 6.07) is 3.34. The molecule has 4 nitrogen and oxygen atoms in total. The molecule has 0 spiro atoms. The van der Waals surface area contributed by atoms with Crippen molar-refractivity contribution in [2.24, 2.45) is 0 Å². The molecule has 0 aromatic heterocycles. The van der Waals surface area contributed by atoms with Gasteiger partial charge in [0.2, 0.25) is 5.91 Å². The van der Waals surface area contributed by atoms with Crippen LogP contribution in [0.2, 0.25) is 5.02 Å². The Morgan fingerprint density at radius 1 is 1.26 bits per heavy atom. The Hall–Kier alpha value is -1.55. The van der Waals surface area contributed by atoms with E-state index in [1.165, 1.54) is 0 Å². The van der Waals surface area contributed by atoms with Gasteiger partial charge in [-0.3, -0.25) is 9.59 Å². The van der Waals surface area contributed by atoms with Crippen LogP contribution in [0, 0.1) is 6.92 Å². The number of benzene rings is 1. The zero-order valence-electron chi connectivity index (χ0n) is 11.5. The van der Waals surface area contributed by atoms with Crippen molar-refractivity contribution in [1.82, 2.24) is 4.90 Å². The van der Waals surface area contributed by atoms with Gasteiger partial charge in [0.05, 0.1) is 11.3 Å². The van der Waals surface area contributed by atoms with Crippen LogP contribution in [0.15, 0.2) is 12.1 Å². The van der Waals surface area contributed by atoms with Crippen LogP contribution in [-0.2, 0) is 4.79 Å². The summed E-state index contributed by atoms with van der Waals surface area (Å²) in [4.78, 5) is 26.1. The highest BCUT2D eigenvalue weighted by Crippen LogP contribution is 2.30. The zero-order valence-corrected chi connectivity index (χ0v) is 12.3. The van der Waals surface area contributed by atoms with Crippen molar-refractivity contribution in [2.45, 2.75) is 33.2 Å². The summed E-state index contributed by atoms with van der Waals surface area (Å²) in [7, 11) is 0. The van der Waals surface area contributed by atoms with Crippen molar-refractivity contribution in [3.63, 3.8) is 0 Å². The summed E-state index contributed by atoms with van der Waals surface area (Å²) in [6.07, 6.45) is 0. The van der Waals surface area contributed by atoms with Crippen molar-refractivity contribution in [3.05, 3.63) is 28.3 Å². The fourth-order valence-electron chi connectivity index (χ4n) is 2.16. The van der Waals surface area contributed by atoms with Gasteiger partial charge in [0.1, 0.15) is 6.54 Å². The van der Waals surface area contributed by atoms with Gasteiger partial charge in [0.25, 0.3) is 5.91 Å². The molecular weight excluding hydrogens is 264 g/mol. The molecule has 1 aromatic carbocycles. The first-order valence-corrected chi connectivity index (χ1v) is 6.50. The first kappa shape index (κ1) is 13.9. The summed E-state index contributed by atoms with van der Waals surface area (Å²) in [5, 5.41) is 3.29. The molecule has 0 saturated heterocycles. The molecule has 0 bridgehead atoms. The molecule has 0 fully saturated rings. The fourth-order valence-corrected chi connectivity index (χ4v) is 2.43. The Morgan fingerprint density at radius 2 is 1.89 bits per heavy atom. The van der Waals surface area contributed by atoms with Crippen LogP contribution in [0.5, 0.6) is 0 Å². The smallest absolute Gasteiger partial charge is 0.256 e. The summed E-state index contributed by atoms with van der Waals surface area (Å²) in [5.74, 6) is -0.362. The summed E-state index contributed by atoms with van der Waals surface area (Å²) in [6.45, 7) is 7.58. The third-order valence-electron chi connectivity index (χ3n) is 3.15. The van der Waals surface area contributed by atoms with E-state index in [1.54, 1.807) is 17.0 Å². The number of halogens is 1. The lowest BCUT2D eigenvalue weighted by atomic mass is 10.0. The lowest BCUT2D eigenvalue weighted by molar-refractivity contribution is -0.117. The van der Waals surface area contributed by atoms with Crippen molar-refractivity contribution >= 4 is 29.1 Å². The van der Waals surface area contributed by atoms with Crippen molar-refractivity contribution in [3.8, 4) is 0 Å². The van der Waals surface area contributed by atoms with Crippen LogP contribution in [0.1, 0.15) is 36.7 Å². The van der Waals surface area contributed by atoms with Crippen LogP contribution in [-0.4, -0.2) is 28.8 Å². The quantitative estimate of drug-likeness (QED) is 0.794. The summed E-state index contributed by atoms with van der Waals surface area (Å²) < 4.78 is 0. The van der Waals surface area contributed by atoms with Gasteiger partial charge in [-0.15, -0.1) is 0 Å². The number of nitrogens with zero attached hydrogens (tertiary/aromatic N) is 1. The summed E-state index contributed by atoms with van der Waals surface area (Å²) in [5.41, 5.74) is 1.38.